The lowest BCUT2D eigenvalue weighted by molar-refractivity contribution is 0.272. The van der Waals surface area contributed by atoms with Crippen molar-refractivity contribution < 1.29 is 5.11 Å². The molecule has 1 N–H and O–H groups in total. The molecule has 0 aliphatic heterocycles. The minimum absolute atomic E-state index is 0.0137. The van der Waals surface area contributed by atoms with Crippen molar-refractivity contribution in [3.05, 3.63) is 40.1 Å². The van der Waals surface area contributed by atoms with Gasteiger partial charge in [0.05, 0.1) is 18.0 Å². The summed E-state index contributed by atoms with van der Waals surface area (Å²) in [4.78, 5) is 4.49. The summed E-state index contributed by atoms with van der Waals surface area (Å²) in [6, 6.07) is 7.93. The molecule has 0 unspecified atom stereocenters. The molecule has 2 aromatic rings. The molecule has 0 bridgehead atoms. The van der Waals surface area contributed by atoms with E-state index in [2.05, 4.69) is 20.9 Å². The third-order valence-corrected chi connectivity index (χ3v) is 3.37. The largest absolute Gasteiger partial charge is 0.390 e. The zero-order valence-electron chi connectivity index (χ0n) is 9.24. The molecular weight excluding hydrogens is 268 g/mol. The van der Waals surface area contributed by atoms with Crippen molar-refractivity contribution in [3.63, 3.8) is 0 Å². The van der Waals surface area contributed by atoms with Crippen molar-refractivity contribution in [2.45, 2.75) is 13.5 Å². The minimum atomic E-state index is 0.0137. The van der Waals surface area contributed by atoms with Gasteiger partial charge in [-0.2, -0.15) is 0 Å². The van der Waals surface area contributed by atoms with E-state index in [-0.39, 0.29) is 6.61 Å². The standard InChI is InChI=1S/C12H13BrN2O/c1-8-11(7-16)15(2)12(14-8)9-5-3-4-6-10(9)13/h3-6,16H,7H2,1-2H3. The van der Waals surface area contributed by atoms with Crippen LogP contribution in [0.5, 0.6) is 0 Å². The molecule has 0 amide bonds. The Morgan fingerprint density at radius 3 is 2.62 bits per heavy atom. The Morgan fingerprint density at radius 2 is 2.06 bits per heavy atom. The number of imidazole rings is 1. The summed E-state index contributed by atoms with van der Waals surface area (Å²) in [6.45, 7) is 1.92. The van der Waals surface area contributed by atoms with Crippen LogP contribution in [0.1, 0.15) is 11.4 Å². The summed E-state index contributed by atoms with van der Waals surface area (Å²) in [5.74, 6) is 0.869. The van der Waals surface area contributed by atoms with E-state index in [1.807, 2.05) is 42.8 Å². The van der Waals surface area contributed by atoms with Crippen molar-refractivity contribution in [1.82, 2.24) is 9.55 Å². The van der Waals surface area contributed by atoms with E-state index < -0.39 is 0 Å². The molecule has 3 nitrogen and oxygen atoms in total. The van der Waals surface area contributed by atoms with E-state index in [0.29, 0.717) is 0 Å². The summed E-state index contributed by atoms with van der Waals surface area (Å²) in [5, 5.41) is 9.26. The Morgan fingerprint density at radius 1 is 1.38 bits per heavy atom. The first kappa shape index (κ1) is 11.4. The van der Waals surface area contributed by atoms with Gasteiger partial charge in [-0.05, 0) is 13.0 Å². The molecule has 0 fully saturated rings. The average molecular weight is 281 g/mol. The average Bonchev–Trinajstić information content (AvgIpc) is 2.55. The van der Waals surface area contributed by atoms with Crippen LogP contribution in [0.25, 0.3) is 11.4 Å². The van der Waals surface area contributed by atoms with E-state index in [1.54, 1.807) is 0 Å². The van der Waals surface area contributed by atoms with Gasteiger partial charge in [0.25, 0.3) is 0 Å². The quantitative estimate of drug-likeness (QED) is 0.919. The van der Waals surface area contributed by atoms with Crippen LogP contribution in [0.15, 0.2) is 28.7 Å². The molecule has 1 heterocycles. The lowest BCUT2D eigenvalue weighted by atomic mass is 10.2. The third-order valence-electron chi connectivity index (χ3n) is 2.68. The number of rotatable bonds is 2. The van der Waals surface area contributed by atoms with E-state index in [0.717, 1.165) is 27.2 Å². The highest BCUT2D eigenvalue weighted by atomic mass is 79.9. The highest BCUT2D eigenvalue weighted by Crippen LogP contribution is 2.28. The van der Waals surface area contributed by atoms with E-state index >= 15 is 0 Å². The highest BCUT2D eigenvalue weighted by molar-refractivity contribution is 9.10. The summed E-state index contributed by atoms with van der Waals surface area (Å²) >= 11 is 3.51. The molecular formula is C12H13BrN2O. The van der Waals surface area contributed by atoms with Gasteiger partial charge in [0.15, 0.2) is 0 Å². The molecule has 0 saturated heterocycles. The number of aromatic nitrogens is 2. The molecule has 0 aliphatic rings. The monoisotopic (exact) mass is 280 g/mol. The fraction of sp³-hybridized carbons (Fsp3) is 0.250. The van der Waals surface area contributed by atoms with Crippen molar-refractivity contribution in [3.8, 4) is 11.4 Å². The Bertz CT molecular complexity index is 520. The Balaban J connectivity index is 2.62. The number of aryl methyl sites for hydroxylation is 1. The molecule has 1 aromatic carbocycles. The van der Waals surface area contributed by atoms with Crippen LogP contribution in [0, 0.1) is 6.92 Å². The van der Waals surface area contributed by atoms with Gasteiger partial charge in [-0.25, -0.2) is 4.98 Å². The maximum Gasteiger partial charge on any atom is 0.141 e. The SMILES string of the molecule is Cc1nc(-c2ccccc2Br)n(C)c1CO. The topological polar surface area (TPSA) is 38.0 Å². The zero-order valence-corrected chi connectivity index (χ0v) is 10.8. The van der Waals surface area contributed by atoms with Gasteiger partial charge >= 0.3 is 0 Å². The fourth-order valence-corrected chi connectivity index (χ4v) is 2.23. The number of halogens is 1. The van der Waals surface area contributed by atoms with E-state index in [4.69, 9.17) is 0 Å². The molecule has 0 saturated carbocycles. The number of nitrogens with zero attached hydrogens (tertiary/aromatic N) is 2. The van der Waals surface area contributed by atoms with Gasteiger partial charge in [-0.1, -0.05) is 34.1 Å². The van der Waals surface area contributed by atoms with Gasteiger partial charge in [0, 0.05) is 17.1 Å². The summed E-state index contributed by atoms with van der Waals surface area (Å²) < 4.78 is 2.93. The number of aliphatic hydroxyl groups is 1. The number of hydrogen-bond donors (Lipinski definition) is 1. The van der Waals surface area contributed by atoms with Crippen molar-refractivity contribution in [2.24, 2.45) is 7.05 Å². The minimum Gasteiger partial charge on any atom is -0.390 e. The van der Waals surface area contributed by atoms with E-state index in [1.165, 1.54) is 0 Å². The Kier molecular flexibility index (Phi) is 3.12. The summed E-state index contributed by atoms with van der Waals surface area (Å²) in [6.07, 6.45) is 0. The van der Waals surface area contributed by atoms with Crippen LogP contribution in [0.2, 0.25) is 0 Å². The van der Waals surface area contributed by atoms with Crippen LogP contribution < -0.4 is 0 Å². The molecule has 84 valence electrons. The molecule has 4 heteroatoms. The second kappa shape index (κ2) is 4.39. The molecule has 2 rings (SSSR count). The summed E-state index contributed by atoms with van der Waals surface area (Å²) in [7, 11) is 1.92. The van der Waals surface area contributed by atoms with Gasteiger partial charge in [0.2, 0.25) is 0 Å². The molecule has 1 aromatic heterocycles. The van der Waals surface area contributed by atoms with Crippen LogP contribution >= 0.6 is 15.9 Å². The Labute approximate surface area is 103 Å². The first-order valence-electron chi connectivity index (χ1n) is 5.03. The fourth-order valence-electron chi connectivity index (χ4n) is 1.77. The van der Waals surface area contributed by atoms with Gasteiger partial charge in [-0.3, -0.25) is 0 Å². The molecule has 0 spiro atoms. The normalized spacial score (nSPS) is 10.8. The van der Waals surface area contributed by atoms with Crippen molar-refractivity contribution >= 4 is 15.9 Å². The van der Waals surface area contributed by atoms with Crippen LogP contribution in [-0.2, 0) is 13.7 Å². The predicted molar refractivity (Wildman–Crippen MR) is 67.0 cm³/mol. The third kappa shape index (κ3) is 1.79. The molecule has 0 aliphatic carbocycles. The van der Waals surface area contributed by atoms with Crippen molar-refractivity contribution in [1.29, 1.82) is 0 Å². The Hall–Kier alpha value is -1.13. The maximum atomic E-state index is 9.26. The van der Waals surface area contributed by atoms with Gasteiger partial charge in [0.1, 0.15) is 5.82 Å². The molecule has 0 radical (unpaired) electrons. The molecule has 16 heavy (non-hydrogen) atoms. The number of benzene rings is 1. The predicted octanol–water partition coefficient (Wildman–Crippen LogP) is 2.65. The second-order valence-electron chi connectivity index (χ2n) is 3.66. The number of aliphatic hydroxyl groups excluding tert-OH is 1. The first-order valence-corrected chi connectivity index (χ1v) is 5.82. The van der Waals surface area contributed by atoms with E-state index in [9.17, 15) is 5.11 Å². The van der Waals surface area contributed by atoms with Crippen LogP contribution in [0.3, 0.4) is 0 Å². The van der Waals surface area contributed by atoms with Gasteiger partial charge < -0.3 is 9.67 Å². The summed E-state index contributed by atoms with van der Waals surface area (Å²) in [5.41, 5.74) is 2.76. The lowest BCUT2D eigenvalue weighted by Gasteiger charge is -2.05. The first-order chi connectivity index (χ1) is 7.65. The van der Waals surface area contributed by atoms with Crippen LogP contribution in [0.4, 0.5) is 0 Å². The number of hydrogen-bond acceptors (Lipinski definition) is 2. The second-order valence-corrected chi connectivity index (χ2v) is 4.52. The van der Waals surface area contributed by atoms with Crippen molar-refractivity contribution in [2.75, 3.05) is 0 Å². The maximum absolute atomic E-state index is 9.26. The molecule has 0 atom stereocenters. The highest BCUT2D eigenvalue weighted by Gasteiger charge is 2.13. The van der Waals surface area contributed by atoms with Crippen LogP contribution in [-0.4, -0.2) is 14.7 Å². The zero-order chi connectivity index (χ0) is 11.7. The lowest BCUT2D eigenvalue weighted by Crippen LogP contribution is -1.99. The van der Waals surface area contributed by atoms with Gasteiger partial charge in [-0.15, -0.1) is 0 Å². The smallest absolute Gasteiger partial charge is 0.141 e.